The van der Waals surface area contributed by atoms with Gasteiger partial charge >= 0.3 is 0 Å². The Labute approximate surface area is 102 Å². The predicted molar refractivity (Wildman–Crippen MR) is 69.0 cm³/mol. The molecule has 0 aliphatic carbocycles. The van der Waals surface area contributed by atoms with Crippen LogP contribution in [-0.4, -0.2) is 18.9 Å². The molecule has 0 aromatic heterocycles. The molecular formula is C14H20N2O. The van der Waals surface area contributed by atoms with Crippen LogP contribution in [0.4, 0.5) is 0 Å². The minimum atomic E-state index is 0.119. The summed E-state index contributed by atoms with van der Waals surface area (Å²) in [6.45, 7) is 3.39. The van der Waals surface area contributed by atoms with Crippen LogP contribution in [0.2, 0.25) is 0 Å². The SMILES string of the molecule is CC(=O)c1ccc(C2CC(CN)CCN2)cc1. The lowest BCUT2D eigenvalue weighted by Crippen LogP contribution is -2.34. The summed E-state index contributed by atoms with van der Waals surface area (Å²) in [7, 11) is 0. The fourth-order valence-electron chi connectivity index (χ4n) is 2.41. The van der Waals surface area contributed by atoms with E-state index in [1.165, 1.54) is 12.0 Å². The first-order chi connectivity index (χ1) is 8.20. The quantitative estimate of drug-likeness (QED) is 0.782. The highest BCUT2D eigenvalue weighted by Gasteiger charge is 2.21. The molecule has 17 heavy (non-hydrogen) atoms. The Kier molecular flexibility index (Phi) is 3.92. The van der Waals surface area contributed by atoms with Crippen molar-refractivity contribution >= 4 is 5.78 Å². The predicted octanol–water partition coefficient (Wildman–Crippen LogP) is 1.89. The Morgan fingerprint density at radius 3 is 2.71 bits per heavy atom. The number of nitrogens with one attached hydrogen (secondary N) is 1. The van der Waals surface area contributed by atoms with Crippen LogP contribution in [0.3, 0.4) is 0 Å². The second-order valence-electron chi connectivity index (χ2n) is 4.81. The number of carbonyl (C=O) groups is 1. The largest absolute Gasteiger partial charge is 0.330 e. The van der Waals surface area contributed by atoms with E-state index in [1.807, 2.05) is 24.3 Å². The van der Waals surface area contributed by atoms with Gasteiger partial charge in [-0.1, -0.05) is 24.3 Å². The highest BCUT2D eigenvalue weighted by molar-refractivity contribution is 5.94. The molecule has 1 saturated heterocycles. The molecule has 2 atom stereocenters. The van der Waals surface area contributed by atoms with Gasteiger partial charge in [0.05, 0.1) is 0 Å². The van der Waals surface area contributed by atoms with Crippen LogP contribution in [0.15, 0.2) is 24.3 Å². The van der Waals surface area contributed by atoms with Gasteiger partial charge in [0.15, 0.2) is 5.78 Å². The van der Waals surface area contributed by atoms with Gasteiger partial charge in [-0.25, -0.2) is 0 Å². The molecule has 1 aliphatic heterocycles. The van der Waals surface area contributed by atoms with Crippen molar-refractivity contribution < 1.29 is 4.79 Å². The van der Waals surface area contributed by atoms with Crippen LogP contribution in [0, 0.1) is 5.92 Å². The molecule has 2 rings (SSSR count). The standard InChI is InChI=1S/C14H20N2O/c1-10(17)12-2-4-13(5-3-12)14-8-11(9-15)6-7-16-14/h2-5,11,14,16H,6-9,15H2,1H3. The molecule has 0 spiro atoms. The van der Waals surface area contributed by atoms with E-state index >= 15 is 0 Å². The highest BCUT2D eigenvalue weighted by Crippen LogP contribution is 2.26. The van der Waals surface area contributed by atoms with Gasteiger partial charge in [-0.2, -0.15) is 0 Å². The average molecular weight is 232 g/mol. The lowest BCUT2D eigenvalue weighted by atomic mass is 9.88. The summed E-state index contributed by atoms with van der Waals surface area (Å²) in [5, 5.41) is 3.51. The molecule has 3 nitrogen and oxygen atoms in total. The number of benzene rings is 1. The van der Waals surface area contributed by atoms with Crippen molar-refractivity contribution in [1.29, 1.82) is 0 Å². The lowest BCUT2D eigenvalue weighted by Gasteiger charge is -2.30. The average Bonchev–Trinajstić information content (AvgIpc) is 2.39. The normalized spacial score (nSPS) is 24.6. The van der Waals surface area contributed by atoms with E-state index in [4.69, 9.17) is 5.73 Å². The van der Waals surface area contributed by atoms with E-state index < -0.39 is 0 Å². The monoisotopic (exact) mass is 232 g/mol. The Morgan fingerprint density at radius 2 is 2.12 bits per heavy atom. The van der Waals surface area contributed by atoms with Crippen molar-refractivity contribution in [3.05, 3.63) is 35.4 Å². The number of hydrogen-bond acceptors (Lipinski definition) is 3. The topological polar surface area (TPSA) is 55.1 Å². The minimum Gasteiger partial charge on any atom is -0.330 e. The zero-order valence-corrected chi connectivity index (χ0v) is 10.3. The second kappa shape index (κ2) is 5.43. The molecule has 0 bridgehead atoms. The lowest BCUT2D eigenvalue weighted by molar-refractivity contribution is 0.101. The van der Waals surface area contributed by atoms with E-state index in [1.54, 1.807) is 6.92 Å². The third-order valence-electron chi connectivity index (χ3n) is 3.57. The Morgan fingerprint density at radius 1 is 1.41 bits per heavy atom. The summed E-state index contributed by atoms with van der Waals surface area (Å²) in [5.41, 5.74) is 7.77. The van der Waals surface area contributed by atoms with Crippen LogP contribution < -0.4 is 11.1 Å². The summed E-state index contributed by atoms with van der Waals surface area (Å²) in [4.78, 5) is 11.2. The van der Waals surface area contributed by atoms with Crippen LogP contribution >= 0.6 is 0 Å². The summed E-state index contributed by atoms with van der Waals surface area (Å²) in [6, 6.07) is 8.30. The number of hydrogen-bond donors (Lipinski definition) is 2. The number of piperidine rings is 1. The van der Waals surface area contributed by atoms with Crippen LogP contribution in [-0.2, 0) is 0 Å². The van der Waals surface area contributed by atoms with E-state index in [-0.39, 0.29) is 5.78 Å². The van der Waals surface area contributed by atoms with Crippen molar-refractivity contribution in [3.63, 3.8) is 0 Å². The van der Waals surface area contributed by atoms with Crippen LogP contribution in [0.25, 0.3) is 0 Å². The molecule has 0 amide bonds. The number of carbonyl (C=O) groups excluding carboxylic acids is 1. The Hall–Kier alpha value is -1.19. The molecule has 2 unspecified atom stereocenters. The van der Waals surface area contributed by atoms with E-state index in [9.17, 15) is 4.79 Å². The van der Waals surface area contributed by atoms with E-state index in [0.717, 1.165) is 25.1 Å². The summed E-state index contributed by atoms with van der Waals surface area (Å²) in [6.07, 6.45) is 2.26. The first kappa shape index (κ1) is 12.3. The zero-order chi connectivity index (χ0) is 12.3. The van der Waals surface area contributed by atoms with Gasteiger partial charge in [0.1, 0.15) is 0 Å². The van der Waals surface area contributed by atoms with Crippen LogP contribution in [0.5, 0.6) is 0 Å². The van der Waals surface area contributed by atoms with Crippen molar-refractivity contribution in [2.45, 2.75) is 25.8 Å². The zero-order valence-electron chi connectivity index (χ0n) is 10.3. The molecule has 0 radical (unpaired) electrons. The first-order valence-corrected chi connectivity index (χ1v) is 6.25. The molecule has 92 valence electrons. The Bertz CT molecular complexity index is 386. The maximum absolute atomic E-state index is 11.2. The molecular weight excluding hydrogens is 212 g/mol. The number of rotatable bonds is 3. The second-order valence-corrected chi connectivity index (χ2v) is 4.81. The van der Waals surface area contributed by atoms with Crippen molar-refractivity contribution in [2.75, 3.05) is 13.1 Å². The molecule has 1 aromatic carbocycles. The summed E-state index contributed by atoms with van der Waals surface area (Å²) in [5.74, 6) is 0.738. The molecule has 1 heterocycles. The van der Waals surface area contributed by atoms with Crippen LogP contribution in [0.1, 0.15) is 41.7 Å². The third-order valence-corrected chi connectivity index (χ3v) is 3.57. The number of ketones is 1. The van der Waals surface area contributed by atoms with Crippen molar-refractivity contribution in [3.8, 4) is 0 Å². The molecule has 1 aliphatic rings. The maximum Gasteiger partial charge on any atom is 0.159 e. The van der Waals surface area contributed by atoms with E-state index in [2.05, 4.69) is 5.32 Å². The maximum atomic E-state index is 11.2. The fourth-order valence-corrected chi connectivity index (χ4v) is 2.41. The Balaban J connectivity index is 2.08. The molecule has 1 fully saturated rings. The van der Waals surface area contributed by atoms with Gasteiger partial charge < -0.3 is 11.1 Å². The summed E-state index contributed by atoms with van der Waals surface area (Å²) >= 11 is 0. The number of nitrogens with two attached hydrogens (primary N) is 1. The molecule has 1 aromatic rings. The minimum absolute atomic E-state index is 0.119. The van der Waals surface area contributed by atoms with Gasteiger partial charge in [0.2, 0.25) is 0 Å². The van der Waals surface area contributed by atoms with Gasteiger partial charge in [0.25, 0.3) is 0 Å². The van der Waals surface area contributed by atoms with Gasteiger partial charge in [-0.15, -0.1) is 0 Å². The first-order valence-electron chi connectivity index (χ1n) is 6.25. The van der Waals surface area contributed by atoms with Gasteiger partial charge in [0, 0.05) is 11.6 Å². The molecule has 3 heteroatoms. The van der Waals surface area contributed by atoms with Crippen molar-refractivity contribution in [1.82, 2.24) is 5.32 Å². The smallest absolute Gasteiger partial charge is 0.159 e. The fraction of sp³-hybridized carbons (Fsp3) is 0.500. The summed E-state index contributed by atoms with van der Waals surface area (Å²) < 4.78 is 0. The number of Topliss-reactive ketones (excluding diaryl/α,β-unsaturated/α-hetero) is 1. The van der Waals surface area contributed by atoms with E-state index in [0.29, 0.717) is 12.0 Å². The third kappa shape index (κ3) is 2.93. The highest BCUT2D eigenvalue weighted by atomic mass is 16.1. The molecule has 0 saturated carbocycles. The van der Waals surface area contributed by atoms with Crippen molar-refractivity contribution in [2.24, 2.45) is 11.7 Å². The van der Waals surface area contributed by atoms with Gasteiger partial charge in [-0.3, -0.25) is 4.79 Å². The van der Waals surface area contributed by atoms with Gasteiger partial charge in [-0.05, 0) is 44.3 Å². The molecule has 3 N–H and O–H groups in total.